The lowest BCUT2D eigenvalue weighted by Gasteiger charge is -2.24. The van der Waals surface area contributed by atoms with Crippen LogP contribution in [-0.4, -0.2) is 27.8 Å². The van der Waals surface area contributed by atoms with Gasteiger partial charge in [-0.05, 0) is 49.4 Å². The number of hydrogen-bond acceptors (Lipinski definition) is 3. The van der Waals surface area contributed by atoms with Gasteiger partial charge in [-0.2, -0.15) is 5.10 Å². The summed E-state index contributed by atoms with van der Waals surface area (Å²) in [6.07, 6.45) is 9.67. The molecule has 3 atom stereocenters. The minimum Gasteiger partial charge on any atom is -0.325 e. The molecule has 23 heavy (non-hydrogen) atoms. The molecule has 1 aromatic heterocycles. The van der Waals surface area contributed by atoms with E-state index in [4.69, 9.17) is 0 Å². The molecule has 2 aliphatic rings. The van der Waals surface area contributed by atoms with Crippen LogP contribution in [-0.2, 0) is 4.79 Å². The lowest BCUT2D eigenvalue weighted by Crippen LogP contribution is -2.39. The molecule has 5 nitrogen and oxygen atoms in total. The number of rotatable bonds is 3. The molecule has 4 rings (SSSR count). The molecule has 2 aromatic rings. The van der Waals surface area contributed by atoms with Crippen molar-refractivity contribution in [2.24, 2.45) is 5.92 Å². The molecular weight excluding hydrogens is 288 g/mol. The third kappa shape index (κ3) is 3.01. The fourth-order valence-electron chi connectivity index (χ4n) is 3.90. The highest BCUT2D eigenvalue weighted by atomic mass is 16.2. The normalized spacial score (nSPS) is 26.7. The van der Waals surface area contributed by atoms with Crippen molar-refractivity contribution in [2.45, 2.75) is 44.2 Å². The van der Waals surface area contributed by atoms with E-state index in [1.165, 1.54) is 25.7 Å². The van der Waals surface area contributed by atoms with Gasteiger partial charge in [-0.25, -0.2) is 4.68 Å². The number of hydrogen-bond donors (Lipinski definition) is 2. The summed E-state index contributed by atoms with van der Waals surface area (Å²) in [5.74, 6) is 0.756. The zero-order chi connectivity index (χ0) is 15.6. The third-order valence-electron chi connectivity index (χ3n) is 5.06. The molecular formula is C18H22N4O. The molecule has 0 bridgehead atoms. The largest absolute Gasteiger partial charge is 0.325 e. The summed E-state index contributed by atoms with van der Waals surface area (Å²) in [6, 6.07) is 10.2. The molecule has 3 unspecified atom stereocenters. The highest BCUT2D eigenvalue weighted by Gasteiger charge is 2.38. The van der Waals surface area contributed by atoms with E-state index in [1.807, 2.05) is 36.5 Å². The number of amides is 1. The molecule has 120 valence electrons. The maximum atomic E-state index is 12.6. The summed E-state index contributed by atoms with van der Waals surface area (Å²) < 4.78 is 1.79. The highest BCUT2D eigenvalue weighted by Crippen LogP contribution is 2.33. The number of nitrogens with one attached hydrogen (secondary N) is 2. The Morgan fingerprint density at radius 3 is 3.00 bits per heavy atom. The topological polar surface area (TPSA) is 59.0 Å². The Morgan fingerprint density at radius 1 is 1.26 bits per heavy atom. The molecule has 2 heterocycles. The second-order valence-electron chi connectivity index (χ2n) is 6.60. The van der Waals surface area contributed by atoms with Gasteiger partial charge in [0.05, 0.1) is 11.7 Å². The van der Waals surface area contributed by atoms with Crippen molar-refractivity contribution in [1.29, 1.82) is 0 Å². The molecule has 0 spiro atoms. The van der Waals surface area contributed by atoms with Crippen LogP contribution >= 0.6 is 0 Å². The van der Waals surface area contributed by atoms with Gasteiger partial charge < -0.3 is 10.6 Å². The van der Waals surface area contributed by atoms with Crippen molar-refractivity contribution in [3.63, 3.8) is 0 Å². The minimum absolute atomic E-state index is 0.0588. The van der Waals surface area contributed by atoms with Gasteiger partial charge in [0.15, 0.2) is 0 Å². The number of carbonyl (C=O) groups is 1. The number of carbonyl (C=O) groups excluding carboxylic acids is 1. The summed E-state index contributed by atoms with van der Waals surface area (Å²) in [4.78, 5) is 12.6. The average Bonchev–Trinajstić information content (AvgIpc) is 3.24. The van der Waals surface area contributed by atoms with Gasteiger partial charge in [0.25, 0.3) is 0 Å². The monoisotopic (exact) mass is 310 g/mol. The van der Waals surface area contributed by atoms with Crippen molar-refractivity contribution in [3.05, 3.63) is 42.7 Å². The van der Waals surface area contributed by atoms with Crippen LogP contribution < -0.4 is 10.6 Å². The number of aromatic nitrogens is 2. The van der Waals surface area contributed by atoms with E-state index in [0.29, 0.717) is 12.0 Å². The van der Waals surface area contributed by atoms with Crippen LogP contribution in [0.5, 0.6) is 0 Å². The smallest absolute Gasteiger partial charge is 0.241 e. The maximum Gasteiger partial charge on any atom is 0.241 e. The molecule has 1 amide bonds. The first-order chi connectivity index (χ1) is 11.3. The number of benzene rings is 1. The van der Waals surface area contributed by atoms with Crippen LogP contribution in [0, 0.1) is 5.92 Å². The Morgan fingerprint density at radius 2 is 2.17 bits per heavy atom. The van der Waals surface area contributed by atoms with E-state index in [1.54, 1.807) is 10.9 Å². The molecule has 0 radical (unpaired) electrons. The Kier molecular flexibility index (Phi) is 3.87. The standard InChI is InChI=1S/C18H22N4O/c23-18(17-11-13-5-1-2-8-16(13)21-17)20-14-6-3-7-15(12-14)22-10-4-9-19-22/h3-4,6-7,9-10,12-13,16-17,21H,1-2,5,8,11H2,(H,20,23). The first kappa shape index (κ1) is 14.5. The molecule has 5 heteroatoms. The van der Waals surface area contributed by atoms with Crippen molar-refractivity contribution >= 4 is 11.6 Å². The first-order valence-electron chi connectivity index (χ1n) is 8.46. The zero-order valence-electron chi connectivity index (χ0n) is 13.1. The van der Waals surface area contributed by atoms with E-state index in [-0.39, 0.29) is 11.9 Å². The molecule has 1 aliphatic carbocycles. The summed E-state index contributed by atoms with van der Waals surface area (Å²) in [6.45, 7) is 0. The summed E-state index contributed by atoms with van der Waals surface area (Å²) in [5.41, 5.74) is 1.76. The van der Waals surface area contributed by atoms with Crippen molar-refractivity contribution in [2.75, 3.05) is 5.32 Å². The van der Waals surface area contributed by atoms with Crippen molar-refractivity contribution < 1.29 is 4.79 Å². The fraction of sp³-hybridized carbons (Fsp3) is 0.444. The van der Waals surface area contributed by atoms with Crippen molar-refractivity contribution in [1.82, 2.24) is 15.1 Å². The number of anilines is 1. The van der Waals surface area contributed by atoms with E-state index in [0.717, 1.165) is 17.8 Å². The van der Waals surface area contributed by atoms with Gasteiger partial charge in [0.2, 0.25) is 5.91 Å². The van der Waals surface area contributed by atoms with Crippen LogP contribution in [0.3, 0.4) is 0 Å². The lowest BCUT2D eigenvalue weighted by molar-refractivity contribution is -0.117. The maximum absolute atomic E-state index is 12.6. The predicted molar refractivity (Wildman–Crippen MR) is 89.5 cm³/mol. The second kappa shape index (κ2) is 6.16. The summed E-state index contributed by atoms with van der Waals surface area (Å²) in [7, 11) is 0. The molecule has 1 saturated carbocycles. The van der Waals surface area contributed by atoms with E-state index >= 15 is 0 Å². The Labute approximate surface area is 136 Å². The molecule has 1 saturated heterocycles. The van der Waals surface area contributed by atoms with Crippen LogP contribution in [0.2, 0.25) is 0 Å². The zero-order valence-corrected chi connectivity index (χ0v) is 13.1. The minimum atomic E-state index is -0.0588. The fourth-order valence-corrected chi connectivity index (χ4v) is 3.90. The summed E-state index contributed by atoms with van der Waals surface area (Å²) in [5, 5.41) is 10.8. The Bertz CT molecular complexity index is 668. The second-order valence-corrected chi connectivity index (χ2v) is 6.60. The Hall–Kier alpha value is -2.14. The summed E-state index contributed by atoms with van der Waals surface area (Å²) >= 11 is 0. The first-order valence-corrected chi connectivity index (χ1v) is 8.46. The van der Waals surface area contributed by atoms with Crippen LogP contribution in [0.15, 0.2) is 42.7 Å². The van der Waals surface area contributed by atoms with Gasteiger partial charge in [-0.3, -0.25) is 4.79 Å². The van der Waals surface area contributed by atoms with Crippen molar-refractivity contribution in [3.8, 4) is 5.69 Å². The van der Waals surface area contributed by atoms with Gasteiger partial charge in [-0.1, -0.05) is 18.9 Å². The number of nitrogens with zero attached hydrogens (tertiary/aromatic N) is 2. The predicted octanol–water partition coefficient (Wildman–Crippen LogP) is 2.73. The van der Waals surface area contributed by atoms with Crippen LogP contribution in [0.4, 0.5) is 5.69 Å². The highest BCUT2D eigenvalue weighted by molar-refractivity contribution is 5.95. The van der Waals surface area contributed by atoms with Gasteiger partial charge in [-0.15, -0.1) is 0 Å². The van der Waals surface area contributed by atoms with Gasteiger partial charge in [0.1, 0.15) is 0 Å². The van der Waals surface area contributed by atoms with E-state index < -0.39 is 0 Å². The van der Waals surface area contributed by atoms with Crippen LogP contribution in [0.25, 0.3) is 5.69 Å². The number of fused-ring (bicyclic) bond motifs is 1. The molecule has 2 fully saturated rings. The third-order valence-corrected chi connectivity index (χ3v) is 5.06. The van der Waals surface area contributed by atoms with Gasteiger partial charge >= 0.3 is 0 Å². The SMILES string of the molecule is O=C(Nc1cccc(-n2cccn2)c1)C1CC2CCCCC2N1. The van der Waals surface area contributed by atoms with E-state index in [9.17, 15) is 4.79 Å². The van der Waals surface area contributed by atoms with Gasteiger partial charge in [0, 0.05) is 24.1 Å². The molecule has 2 N–H and O–H groups in total. The van der Waals surface area contributed by atoms with Crippen LogP contribution in [0.1, 0.15) is 32.1 Å². The molecule has 1 aromatic carbocycles. The molecule has 1 aliphatic heterocycles. The Balaban J connectivity index is 1.44. The quantitative estimate of drug-likeness (QED) is 0.916. The van der Waals surface area contributed by atoms with E-state index in [2.05, 4.69) is 15.7 Å². The average molecular weight is 310 g/mol. The lowest BCUT2D eigenvalue weighted by atomic mass is 9.85.